The largest absolute Gasteiger partial charge is 0.244 e. The molecular formula is C18H12N2. The van der Waals surface area contributed by atoms with E-state index >= 15 is 0 Å². The fourth-order valence-corrected chi connectivity index (χ4v) is 2.47. The van der Waals surface area contributed by atoms with Gasteiger partial charge in [-0.2, -0.15) is 0 Å². The average molecular weight is 256 g/mol. The molecule has 1 aromatic heterocycles. The Labute approximate surface area is 117 Å². The molecule has 3 aromatic rings. The summed E-state index contributed by atoms with van der Waals surface area (Å²) in [4.78, 5) is 9.54. The highest BCUT2D eigenvalue weighted by Gasteiger charge is 2.17. The number of benzene rings is 1. The number of hydrogen-bond donors (Lipinski definition) is 0. The van der Waals surface area contributed by atoms with Crippen molar-refractivity contribution in [3.05, 3.63) is 72.8 Å². The van der Waals surface area contributed by atoms with Crippen LogP contribution in [0.2, 0.25) is 0 Å². The van der Waals surface area contributed by atoms with E-state index in [1.807, 2.05) is 54.6 Å². The lowest BCUT2D eigenvalue weighted by Crippen LogP contribution is -1.89. The van der Waals surface area contributed by atoms with E-state index in [0.29, 0.717) is 0 Å². The van der Waals surface area contributed by atoms with E-state index in [2.05, 4.69) is 18.2 Å². The zero-order chi connectivity index (χ0) is 13.4. The van der Waals surface area contributed by atoms with Gasteiger partial charge in [-0.25, -0.2) is 9.97 Å². The second-order valence-electron chi connectivity index (χ2n) is 4.76. The number of aromatic nitrogens is 2. The van der Waals surface area contributed by atoms with Gasteiger partial charge in [0.1, 0.15) is 0 Å². The normalized spacial score (nSPS) is 11.0. The zero-order valence-electron chi connectivity index (χ0n) is 10.8. The van der Waals surface area contributed by atoms with Crippen LogP contribution in [0, 0.1) is 0 Å². The highest BCUT2D eigenvalue weighted by molar-refractivity contribution is 5.90. The fraction of sp³-hybridized carbons (Fsp3) is 0. The Hall–Kier alpha value is -2.74. The predicted molar refractivity (Wildman–Crippen MR) is 81.6 cm³/mol. The summed E-state index contributed by atoms with van der Waals surface area (Å²) in [6, 6.07) is 24.4. The first kappa shape index (κ1) is 11.1. The second kappa shape index (κ2) is 4.42. The minimum atomic E-state index is 0.938. The highest BCUT2D eigenvalue weighted by atomic mass is 14.8. The molecule has 4 rings (SSSR count). The lowest BCUT2D eigenvalue weighted by atomic mass is 10.2. The Morgan fingerprint density at radius 2 is 0.950 bits per heavy atom. The smallest absolute Gasteiger partial charge is 0.0973 e. The van der Waals surface area contributed by atoms with Crippen LogP contribution in [0.5, 0.6) is 0 Å². The monoisotopic (exact) mass is 256 g/mol. The third kappa shape index (κ3) is 1.74. The summed E-state index contributed by atoms with van der Waals surface area (Å²) >= 11 is 0. The molecule has 94 valence electrons. The van der Waals surface area contributed by atoms with E-state index in [4.69, 9.17) is 9.97 Å². The number of fused-ring (bicyclic) bond motifs is 6. The maximum Gasteiger partial charge on any atom is 0.0973 e. The van der Waals surface area contributed by atoms with Crippen molar-refractivity contribution in [2.75, 3.05) is 0 Å². The van der Waals surface area contributed by atoms with Gasteiger partial charge < -0.3 is 0 Å². The molecule has 0 radical (unpaired) electrons. The van der Waals surface area contributed by atoms with E-state index in [-0.39, 0.29) is 0 Å². The summed E-state index contributed by atoms with van der Waals surface area (Å²) in [5.41, 5.74) is 6.04. The molecular weight excluding hydrogens is 244 g/mol. The first-order chi connectivity index (χ1) is 9.92. The third-order valence-electron chi connectivity index (χ3n) is 3.42. The topological polar surface area (TPSA) is 25.8 Å². The molecule has 1 heterocycles. The van der Waals surface area contributed by atoms with Crippen LogP contribution in [0.25, 0.3) is 33.5 Å². The van der Waals surface area contributed by atoms with Gasteiger partial charge in [0.25, 0.3) is 0 Å². The molecule has 1 aliphatic carbocycles. The molecule has 0 amide bonds. The molecule has 0 N–H and O–H groups in total. The van der Waals surface area contributed by atoms with Crippen LogP contribution in [0.15, 0.2) is 72.8 Å². The van der Waals surface area contributed by atoms with Gasteiger partial charge in [0.2, 0.25) is 0 Å². The molecule has 0 spiro atoms. The van der Waals surface area contributed by atoms with Gasteiger partial charge >= 0.3 is 0 Å². The fourth-order valence-electron chi connectivity index (χ4n) is 2.47. The molecule has 0 unspecified atom stereocenters. The van der Waals surface area contributed by atoms with Crippen molar-refractivity contribution in [1.82, 2.24) is 9.97 Å². The van der Waals surface area contributed by atoms with Crippen molar-refractivity contribution >= 4 is 11.0 Å². The molecule has 2 nitrogen and oxygen atoms in total. The molecule has 0 saturated carbocycles. The Kier molecular flexibility index (Phi) is 2.46. The van der Waals surface area contributed by atoms with Gasteiger partial charge in [-0.05, 0) is 18.2 Å². The lowest BCUT2D eigenvalue weighted by Gasteiger charge is -2.02. The highest BCUT2D eigenvalue weighted by Crippen LogP contribution is 2.36. The molecule has 2 aromatic carbocycles. The predicted octanol–water partition coefficient (Wildman–Crippen LogP) is 4.40. The SMILES string of the molecule is c1cccc2cc(ccc1)-c1nc3ccccc3nc1-2. The third-order valence-corrected chi connectivity index (χ3v) is 3.42. The molecule has 0 fully saturated rings. The second-order valence-corrected chi connectivity index (χ2v) is 4.76. The number of nitrogens with zero attached hydrogens (tertiary/aromatic N) is 2. The van der Waals surface area contributed by atoms with Gasteiger partial charge in [-0.15, -0.1) is 0 Å². The van der Waals surface area contributed by atoms with E-state index < -0.39 is 0 Å². The Morgan fingerprint density at radius 3 is 1.50 bits per heavy atom. The van der Waals surface area contributed by atoms with Crippen molar-refractivity contribution < 1.29 is 0 Å². The summed E-state index contributed by atoms with van der Waals surface area (Å²) in [5.74, 6) is 0. The van der Waals surface area contributed by atoms with Crippen LogP contribution in [0.3, 0.4) is 0 Å². The Morgan fingerprint density at radius 1 is 0.500 bits per heavy atom. The molecule has 0 aliphatic heterocycles. The van der Waals surface area contributed by atoms with Gasteiger partial charge in [-0.1, -0.05) is 54.6 Å². The minimum absolute atomic E-state index is 0.938. The van der Waals surface area contributed by atoms with Crippen molar-refractivity contribution in [3.8, 4) is 22.5 Å². The van der Waals surface area contributed by atoms with Crippen molar-refractivity contribution in [2.24, 2.45) is 0 Å². The van der Waals surface area contributed by atoms with Crippen molar-refractivity contribution in [2.45, 2.75) is 0 Å². The van der Waals surface area contributed by atoms with E-state index in [0.717, 1.165) is 33.5 Å². The van der Waals surface area contributed by atoms with Gasteiger partial charge in [0, 0.05) is 11.1 Å². The molecule has 1 aliphatic rings. The number of rotatable bonds is 0. The van der Waals surface area contributed by atoms with Crippen LogP contribution in [0.1, 0.15) is 0 Å². The van der Waals surface area contributed by atoms with Crippen molar-refractivity contribution in [1.29, 1.82) is 0 Å². The maximum atomic E-state index is 4.77. The van der Waals surface area contributed by atoms with Crippen LogP contribution in [0.4, 0.5) is 0 Å². The summed E-state index contributed by atoms with van der Waals surface area (Å²) < 4.78 is 0. The zero-order valence-corrected chi connectivity index (χ0v) is 10.8. The standard InChI is InChI=1S/C18H12N2/c1-2-4-8-13-12-14(9-5-3-1)18-17(13)19-15-10-6-7-11-16(15)20-18/h1-12H. The van der Waals surface area contributed by atoms with E-state index in [1.54, 1.807) is 0 Å². The molecule has 0 atom stereocenters. The average Bonchev–Trinajstić information content (AvgIpc) is 2.81. The summed E-state index contributed by atoms with van der Waals surface area (Å²) in [6.07, 6.45) is 0. The summed E-state index contributed by atoms with van der Waals surface area (Å²) in [5, 5.41) is 0. The lowest BCUT2D eigenvalue weighted by molar-refractivity contribution is 1.32. The van der Waals surface area contributed by atoms with Crippen LogP contribution >= 0.6 is 0 Å². The van der Waals surface area contributed by atoms with Gasteiger partial charge in [0.05, 0.1) is 22.4 Å². The molecule has 2 heteroatoms. The van der Waals surface area contributed by atoms with Gasteiger partial charge in [-0.3, -0.25) is 0 Å². The first-order valence-electron chi connectivity index (χ1n) is 6.63. The quantitative estimate of drug-likeness (QED) is 0.466. The van der Waals surface area contributed by atoms with E-state index in [9.17, 15) is 0 Å². The minimum Gasteiger partial charge on any atom is -0.244 e. The molecule has 0 saturated heterocycles. The summed E-state index contributed by atoms with van der Waals surface area (Å²) in [7, 11) is 0. The van der Waals surface area contributed by atoms with Crippen LogP contribution in [-0.2, 0) is 0 Å². The van der Waals surface area contributed by atoms with Crippen molar-refractivity contribution in [3.63, 3.8) is 0 Å². The Balaban J connectivity index is 2.10. The number of para-hydroxylation sites is 2. The van der Waals surface area contributed by atoms with Gasteiger partial charge in [0.15, 0.2) is 0 Å². The maximum absolute atomic E-state index is 4.77. The van der Waals surface area contributed by atoms with Crippen LogP contribution < -0.4 is 0 Å². The molecule has 20 heavy (non-hydrogen) atoms. The summed E-state index contributed by atoms with van der Waals surface area (Å²) in [6.45, 7) is 0. The van der Waals surface area contributed by atoms with E-state index in [1.165, 1.54) is 0 Å². The first-order valence-corrected chi connectivity index (χ1v) is 6.63. The molecule has 2 bridgehead atoms. The number of hydrogen-bond acceptors (Lipinski definition) is 2. The Bertz CT molecular complexity index is 799. The van der Waals surface area contributed by atoms with Crippen LogP contribution in [-0.4, -0.2) is 9.97 Å².